The van der Waals surface area contributed by atoms with Crippen molar-refractivity contribution in [3.63, 3.8) is 0 Å². The van der Waals surface area contributed by atoms with Gasteiger partial charge in [0.25, 0.3) is 0 Å². The number of ether oxygens (including phenoxy) is 1. The van der Waals surface area contributed by atoms with Crippen LogP contribution in [0.1, 0.15) is 21.5 Å². The van der Waals surface area contributed by atoms with Crippen LogP contribution in [0.25, 0.3) is 0 Å². The zero-order valence-electron chi connectivity index (χ0n) is 15.1. The summed E-state index contributed by atoms with van der Waals surface area (Å²) in [5.74, 6) is 0.307. The van der Waals surface area contributed by atoms with Crippen LogP contribution in [0.5, 0.6) is 11.5 Å². The number of aromatic hydroxyl groups is 1. The maximum Gasteiger partial charge on any atom is 0.176 e. The minimum Gasteiger partial charge on any atom is -0.504 e. The average Bonchev–Trinajstić information content (AvgIpc) is 2.72. The molecule has 0 aromatic heterocycles. The van der Waals surface area contributed by atoms with E-state index in [1.165, 1.54) is 11.6 Å². The van der Waals surface area contributed by atoms with Gasteiger partial charge in [-0.1, -0.05) is 60.7 Å². The molecule has 0 aliphatic rings. The minimum atomic E-state index is -0.0346. The predicted molar refractivity (Wildman–Crippen MR) is 106 cm³/mol. The van der Waals surface area contributed by atoms with E-state index in [0.717, 1.165) is 18.5 Å². The molecule has 0 aliphatic heterocycles. The van der Waals surface area contributed by atoms with E-state index in [2.05, 4.69) is 17.4 Å². The topological polar surface area (TPSA) is 58.6 Å². The first kappa shape index (κ1) is 18.7. The molecule has 2 N–H and O–H groups in total. The molecule has 0 atom stereocenters. The number of carbonyl (C=O) groups excluding carboxylic acids is 1. The highest BCUT2D eigenvalue weighted by atomic mass is 16.5. The van der Waals surface area contributed by atoms with E-state index in [0.29, 0.717) is 17.9 Å². The minimum absolute atomic E-state index is 0.0273. The number of hydrogen-bond acceptors (Lipinski definition) is 4. The number of phenols is 1. The number of nitrogens with one attached hydrogen (secondary N) is 1. The third-order valence-corrected chi connectivity index (χ3v) is 4.24. The van der Waals surface area contributed by atoms with Crippen molar-refractivity contribution in [1.29, 1.82) is 0 Å². The maximum absolute atomic E-state index is 12.4. The van der Waals surface area contributed by atoms with Crippen LogP contribution < -0.4 is 10.1 Å². The molecule has 0 saturated carbocycles. The molecule has 138 valence electrons. The Morgan fingerprint density at radius 3 is 2.26 bits per heavy atom. The molecule has 0 radical (unpaired) electrons. The molecular weight excluding hydrogens is 338 g/mol. The highest BCUT2D eigenvalue weighted by Crippen LogP contribution is 2.27. The fraction of sp³-hybridized carbons (Fsp3) is 0.174. The van der Waals surface area contributed by atoms with Crippen LogP contribution in [-0.2, 0) is 13.0 Å². The number of carbonyl (C=O) groups is 1. The number of Topliss-reactive ketones (excluding diaryl/α,β-unsaturated/α-hetero) is 1. The second-order valence-corrected chi connectivity index (χ2v) is 6.29. The largest absolute Gasteiger partial charge is 0.504 e. The van der Waals surface area contributed by atoms with Gasteiger partial charge in [0.15, 0.2) is 17.3 Å². The number of ketones is 1. The van der Waals surface area contributed by atoms with E-state index in [1.807, 2.05) is 48.5 Å². The van der Waals surface area contributed by atoms with Gasteiger partial charge in [-0.15, -0.1) is 0 Å². The van der Waals surface area contributed by atoms with E-state index in [1.54, 1.807) is 12.1 Å². The van der Waals surface area contributed by atoms with Crippen molar-refractivity contribution in [2.24, 2.45) is 0 Å². The Morgan fingerprint density at radius 1 is 0.889 bits per heavy atom. The summed E-state index contributed by atoms with van der Waals surface area (Å²) in [7, 11) is 0. The van der Waals surface area contributed by atoms with Gasteiger partial charge in [0, 0.05) is 5.56 Å². The zero-order chi connectivity index (χ0) is 18.9. The first-order valence-corrected chi connectivity index (χ1v) is 9.00. The van der Waals surface area contributed by atoms with Crippen LogP contribution in [0.4, 0.5) is 0 Å². The van der Waals surface area contributed by atoms with Gasteiger partial charge in [0.2, 0.25) is 0 Å². The van der Waals surface area contributed by atoms with Crippen molar-refractivity contribution >= 4 is 5.78 Å². The van der Waals surface area contributed by atoms with Crippen molar-refractivity contribution in [1.82, 2.24) is 5.32 Å². The Hall–Kier alpha value is -3.11. The molecule has 0 saturated heterocycles. The van der Waals surface area contributed by atoms with E-state index >= 15 is 0 Å². The lowest BCUT2D eigenvalue weighted by atomic mass is 10.1. The van der Waals surface area contributed by atoms with E-state index < -0.39 is 0 Å². The molecule has 0 bridgehead atoms. The van der Waals surface area contributed by atoms with Gasteiger partial charge in [-0.3, -0.25) is 4.79 Å². The highest BCUT2D eigenvalue weighted by molar-refractivity contribution is 5.98. The Morgan fingerprint density at radius 2 is 1.56 bits per heavy atom. The van der Waals surface area contributed by atoms with Crippen molar-refractivity contribution in [3.8, 4) is 11.5 Å². The van der Waals surface area contributed by atoms with Gasteiger partial charge < -0.3 is 15.2 Å². The summed E-state index contributed by atoms with van der Waals surface area (Å²) in [6.45, 7) is 1.31. The van der Waals surface area contributed by atoms with Crippen LogP contribution in [-0.4, -0.2) is 24.0 Å². The monoisotopic (exact) mass is 361 g/mol. The van der Waals surface area contributed by atoms with Crippen molar-refractivity contribution < 1.29 is 14.6 Å². The summed E-state index contributed by atoms with van der Waals surface area (Å²) < 4.78 is 5.67. The molecule has 3 aromatic carbocycles. The summed E-state index contributed by atoms with van der Waals surface area (Å²) in [5.41, 5.74) is 2.75. The third-order valence-electron chi connectivity index (χ3n) is 4.24. The Kier molecular flexibility index (Phi) is 6.61. The first-order valence-electron chi connectivity index (χ1n) is 9.00. The Balaban J connectivity index is 1.52. The fourth-order valence-electron chi connectivity index (χ4n) is 2.72. The first-order chi connectivity index (χ1) is 13.2. The molecule has 0 spiro atoms. The molecule has 0 aliphatic carbocycles. The summed E-state index contributed by atoms with van der Waals surface area (Å²) in [6.07, 6.45) is 0.870. The summed E-state index contributed by atoms with van der Waals surface area (Å²) >= 11 is 0. The molecule has 0 amide bonds. The van der Waals surface area contributed by atoms with Gasteiger partial charge in [-0.05, 0) is 42.3 Å². The number of rotatable bonds is 9. The van der Waals surface area contributed by atoms with E-state index in [9.17, 15) is 9.90 Å². The molecular formula is C23H23NO3. The molecule has 4 nitrogen and oxygen atoms in total. The molecule has 0 fully saturated rings. The molecule has 0 heterocycles. The van der Waals surface area contributed by atoms with Crippen LogP contribution >= 0.6 is 0 Å². The second kappa shape index (κ2) is 9.55. The third kappa shape index (κ3) is 5.69. The number of benzene rings is 3. The van der Waals surface area contributed by atoms with Gasteiger partial charge in [-0.2, -0.15) is 0 Å². The predicted octanol–water partition coefficient (Wildman–Crippen LogP) is 3.99. The van der Waals surface area contributed by atoms with Gasteiger partial charge in [0.1, 0.15) is 6.61 Å². The maximum atomic E-state index is 12.4. The lowest BCUT2D eigenvalue weighted by molar-refractivity contribution is 0.0991. The van der Waals surface area contributed by atoms with E-state index in [4.69, 9.17) is 4.74 Å². The molecule has 3 rings (SSSR count). The van der Waals surface area contributed by atoms with Crippen LogP contribution in [0, 0.1) is 0 Å². The zero-order valence-corrected chi connectivity index (χ0v) is 15.1. The summed E-state index contributed by atoms with van der Waals surface area (Å²) in [4.78, 5) is 12.4. The van der Waals surface area contributed by atoms with Crippen LogP contribution in [0.3, 0.4) is 0 Å². The van der Waals surface area contributed by atoms with Crippen LogP contribution in [0.2, 0.25) is 0 Å². The second-order valence-electron chi connectivity index (χ2n) is 6.29. The number of hydrogen-bond donors (Lipinski definition) is 2. The summed E-state index contributed by atoms with van der Waals surface area (Å²) in [6, 6.07) is 24.5. The molecule has 4 heteroatoms. The normalized spacial score (nSPS) is 10.5. The number of phenolic OH excluding ortho intramolecular Hbond substituents is 1. The molecule has 27 heavy (non-hydrogen) atoms. The SMILES string of the molecule is O=C(CNCCc1ccccc1)c1ccc(O)c(OCc2ccccc2)c1. The quantitative estimate of drug-likeness (QED) is 0.447. The molecule has 3 aromatic rings. The lowest BCUT2D eigenvalue weighted by Gasteiger charge is -2.10. The standard InChI is InChI=1S/C23H23NO3/c25-21-12-11-20(15-23(21)27-17-19-9-5-2-6-10-19)22(26)16-24-14-13-18-7-3-1-4-8-18/h1-12,15,24-25H,13-14,16-17H2. The summed E-state index contributed by atoms with van der Waals surface area (Å²) in [5, 5.41) is 13.2. The lowest BCUT2D eigenvalue weighted by Crippen LogP contribution is -2.25. The Labute approximate surface area is 159 Å². The Bertz CT molecular complexity index is 863. The highest BCUT2D eigenvalue weighted by Gasteiger charge is 2.10. The smallest absolute Gasteiger partial charge is 0.176 e. The van der Waals surface area contributed by atoms with Crippen molar-refractivity contribution in [2.45, 2.75) is 13.0 Å². The van der Waals surface area contributed by atoms with Crippen molar-refractivity contribution in [3.05, 3.63) is 95.6 Å². The van der Waals surface area contributed by atoms with Gasteiger partial charge in [0.05, 0.1) is 6.54 Å². The van der Waals surface area contributed by atoms with Gasteiger partial charge >= 0.3 is 0 Å². The average molecular weight is 361 g/mol. The van der Waals surface area contributed by atoms with Crippen LogP contribution in [0.15, 0.2) is 78.9 Å². The molecule has 0 unspecified atom stereocenters. The van der Waals surface area contributed by atoms with E-state index in [-0.39, 0.29) is 18.1 Å². The van der Waals surface area contributed by atoms with Gasteiger partial charge in [-0.25, -0.2) is 0 Å². The van der Waals surface area contributed by atoms with Crippen molar-refractivity contribution in [2.75, 3.05) is 13.1 Å². The fourth-order valence-corrected chi connectivity index (χ4v) is 2.72.